The molecule has 0 atom stereocenters. The third-order valence-corrected chi connectivity index (χ3v) is 2.28. The number of hydrogen-bond donors (Lipinski definition) is 1. The predicted molar refractivity (Wildman–Crippen MR) is 62.7 cm³/mol. The number of halogens is 1. The van der Waals surface area contributed by atoms with Crippen LogP contribution < -0.4 is 5.32 Å². The molecule has 2 nitrogen and oxygen atoms in total. The molecule has 0 aliphatic rings. The largest absolute Gasteiger partial charge is 0.366 e. The summed E-state index contributed by atoms with van der Waals surface area (Å²) in [5.74, 6) is 0.598. The zero-order chi connectivity index (χ0) is 11.4. The van der Waals surface area contributed by atoms with Crippen LogP contribution in [0.1, 0.15) is 11.1 Å². The average Bonchev–Trinajstić information content (AvgIpc) is 2.27. The first-order chi connectivity index (χ1) is 7.74. The normalized spacial score (nSPS) is 10.1. The van der Waals surface area contributed by atoms with Gasteiger partial charge < -0.3 is 5.32 Å². The maximum atomic E-state index is 12.9. The van der Waals surface area contributed by atoms with Gasteiger partial charge >= 0.3 is 0 Å². The molecular formula is C13H13FN2. The second-order valence-electron chi connectivity index (χ2n) is 3.70. The van der Waals surface area contributed by atoms with Crippen molar-refractivity contribution in [2.24, 2.45) is 0 Å². The van der Waals surface area contributed by atoms with E-state index < -0.39 is 0 Å². The summed E-state index contributed by atoms with van der Waals surface area (Å²) in [6.07, 6.45) is 1.75. The number of benzene rings is 1. The highest BCUT2D eigenvalue weighted by Crippen LogP contribution is 2.09. The second-order valence-corrected chi connectivity index (χ2v) is 3.70. The van der Waals surface area contributed by atoms with E-state index in [1.165, 1.54) is 12.1 Å². The van der Waals surface area contributed by atoms with Gasteiger partial charge in [-0.3, -0.25) is 0 Å². The molecule has 0 unspecified atom stereocenters. The lowest BCUT2D eigenvalue weighted by Gasteiger charge is -2.06. The number of rotatable bonds is 3. The van der Waals surface area contributed by atoms with Crippen molar-refractivity contribution in [3.63, 3.8) is 0 Å². The fourth-order valence-corrected chi connectivity index (χ4v) is 1.47. The monoisotopic (exact) mass is 216 g/mol. The fourth-order valence-electron chi connectivity index (χ4n) is 1.47. The van der Waals surface area contributed by atoms with Crippen LogP contribution in [-0.2, 0) is 6.54 Å². The summed E-state index contributed by atoms with van der Waals surface area (Å²) >= 11 is 0. The van der Waals surface area contributed by atoms with Gasteiger partial charge in [-0.25, -0.2) is 9.37 Å². The van der Waals surface area contributed by atoms with E-state index in [0.717, 1.165) is 16.9 Å². The summed E-state index contributed by atoms with van der Waals surface area (Å²) in [5.41, 5.74) is 2.06. The second kappa shape index (κ2) is 4.75. The first kappa shape index (κ1) is 10.6. The van der Waals surface area contributed by atoms with Crippen LogP contribution in [0.3, 0.4) is 0 Å². The minimum atomic E-state index is -0.212. The molecule has 0 bridgehead atoms. The standard InChI is InChI=1S/C13H13FN2/c1-10-5-6-15-13(7-10)16-9-11-3-2-4-12(14)8-11/h2-8H,9H2,1H3,(H,15,16). The van der Waals surface area contributed by atoms with Crippen molar-refractivity contribution in [3.8, 4) is 0 Å². The lowest BCUT2D eigenvalue weighted by atomic mass is 10.2. The Balaban J connectivity index is 2.02. The van der Waals surface area contributed by atoms with Gasteiger partial charge in [0.2, 0.25) is 0 Å². The first-order valence-corrected chi connectivity index (χ1v) is 5.15. The van der Waals surface area contributed by atoms with Crippen LogP contribution in [0, 0.1) is 12.7 Å². The summed E-state index contributed by atoms with van der Waals surface area (Å²) in [6, 6.07) is 10.4. The van der Waals surface area contributed by atoms with E-state index in [0.29, 0.717) is 6.54 Å². The maximum Gasteiger partial charge on any atom is 0.126 e. The Morgan fingerprint density at radius 1 is 1.25 bits per heavy atom. The maximum absolute atomic E-state index is 12.9. The molecule has 2 rings (SSSR count). The van der Waals surface area contributed by atoms with E-state index in [1.54, 1.807) is 12.3 Å². The minimum absolute atomic E-state index is 0.212. The molecule has 2 aromatic rings. The van der Waals surface area contributed by atoms with E-state index in [9.17, 15) is 4.39 Å². The Labute approximate surface area is 94.2 Å². The minimum Gasteiger partial charge on any atom is -0.366 e. The molecule has 82 valence electrons. The summed E-state index contributed by atoms with van der Waals surface area (Å²) in [7, 11) is 0. The van der Waals surface area contributed by atoms with E-state index in [1.807, 2.05) is 25.1 Å². The number of aryl methyl sites for hydroxylation is 1. The molecule has 3 heteroatoms. The van der Waals surface area contributed by atoms with Gasteiger partial charge in [-0.05, 0) is 42.3 Å². The molecule has 0 amide bonds. The van der Waals surface area contributed by atoms with E-state index in [4.69, 9.17) is 0 Å². The van der Waals surface area contributed by atoms with Gasteiger partial charge in [0.05, 0.1) is 0 Å². The van der Waals surface area contributed by atoms with E-state index >= 15 is 0 Å². The number of aromatic nitrogens is 1. The quantitative estimate of drug-likeness (QED) is 0.852. The van der Waals surface area contributed by atoms with Crippen molar-refractivity contribution >= 4 is 5.82 Å². The lowest BCUT2D eigenvalue weighted by Crippen LogP contribution is -2.01. The van der Waals surface area contributed by atoms with Crippen molar-refractivity contribution in [2.75, 3.05) is 5.32 Å². The molecule has 1 aromatic carbocycles. The smallest absolute Gasteiger partial charge is 0.126 e. The Hall–Kier alpha value is -1.90. The topological polar surface area (TPSA) is 24.9 Å². The number of pyridine rings is 1. The molecule has 1 aromatic heterocycles. The van der Waals surface area contributed by atoms with Gasteiger partial charge in [-0.1, -0.05) is 12.1 Å². The van der Waals surface area contributed by atoms with Crippen molar-refractivity contribution in [1.29, 1.82) is 0 Å². The van der Waals surface area contributed by atoms with Crippen LogP contribution in [0.2, 0.25) is 0 Å². The predicted octanol–water partition coefficient (Wildman–Crippen LogP) is 3.14. The van der Waals surface area contributed by atoms with Gasteiger partial charge in [-0.15, -0.1) is 0 Å². The SMILES string of the molecule is Cc1ccnc(NCc2cccc(F)c2)c1. The first-order valence-electron chi connectivity index (χ1n) is 5.15. The van der Waals surface area contributed by atoms with Gasteiger partial charge in [-0.2, -0.15) is 0 Å². The summed E-state index contributed by atoms with van der Waals surface area (Å²) in [6.45, 7) is 2.59. The van der Waals surface area contributed by atoms with Crippen LogP contribution in [0.15, 0.2) is 42.6 Å². The summed E-state index contributed by atoms with van der Waals surface area (Å²) < 4.78 is 12.9. The van der Waals surface area contributed by atoms with Gasteiger partial charge in [0.25, 0.3) is 0 Å². The molecule has 16 heavy (non-hydrogen) atoms. The van der Waals surface area contributed by atoms with Crippen LogP contribution in [-0.4, -0.2) is 4.98 Å². The number of anilines is 1. The average molecular weight is 216 g/mol. The molecule has 0 spiro atoms. The number of hydrogen-bond acceptors (Lipinski definition) is 2. The Morgan fingerprint density at radius 3 is 2.88 bits per heavy atom. The van der Waals surface area contributed by atoms with Crippen molar-refractivity contribution in [2.45, 2.75) is 13.5 Å². The van der Waals surface area contributed by atoms with Crippen LogP contribution in [0.25, 0.3) is 0 Å². The molecular weight excluding hydrogens is 203 g/mol. The van der Waals surface area contributed by atoms with E-state index in [2.05, 4.69) is 10.3 Å². The molecule has 0 aliphatic carbocycles. The molecule has 0 aliphatic heterocycles. The van der Waals surface area contributed by atoms with Crippen molar-refractivity contribution in [3.05, 3.63) is 59.5 Å². The molecule has 0 fully saturated rings. The van der Waals surface area contributed by atoms with E-state index in [-0.39, 0.29) is 5.82 Å². The number of nitrogens with zero attached hydrogens (tertiary/aromatic N) is 1. The summed E-state index contributed by atoms with van der Waals surface area (Å²) in [4.78, 5) is 4.17. The van der Waals surface area contributed by atoms with Gasteiger partial charge in [0.1, 0.15) is 11.6 Å². The van der Waals surface area contributed by atoms with Crippen LogP contribution in [0.4, 0.5) is 10.2 Å². The Morgan fingerprint density at radius 2 is 2.12 bits per heavy atom. The molecule has 0 radical (unpaired) electrons. The van der Waals surface area contributed by atoms with Gasteiger partial charge in [0.15, 0.2) is 0 Å². The van der Waals surface area contributed by atoms with Crippen LogP contribution >= 0.6 is 0 Å². The van der Waals surface area contributed by atoms with Gasteiger partial charge in [0, 0.05) is 12.7 Å². The lowest BCUT2D eigenvalue weighted by molar-refractivity contribution is 0.626. The number of nitrogens with one attached hydrogen (secondary N) is 1. The van der Waals surface area contributed by atoms with Crippen molar-refractivity contribution in [1.82, 2.24) is 4.98 Å². The Bertz CT molecular complexity index is 437. The zero-order valence-corrected chi connectivity index (χ0v) is 9.07. The highest BCUT2D eigenvalue weighted by molar-refractivity contribution is 5.37. The Kier molecular flexibility index (Phi) is 3.15. The molecule has 0 saturated carbocycles. The highest BCUT2D eigenvalue weighted by Gasteiger charge is 1.96. The third kappa shape index (κ3) is 2.79. The summed E-state index contributed by atoms with van der Waals surface area (Å²) in [5, 5.41) is 3.15. The highest BCUT2D eigenvalue weighted by atomic mass is 19.1. The fraction of sp³-hybridized carbons (Fsp3) is 0.154. The third-order valence-electron chi connectivity index (χ3n) is 2.28. The zero-order valence-electron chi connectivity index (χ0n) is 9.07. The van der Waals surface area contributed by atoms with Crippen LogP contribution in [0.5, 0.6) is 0 Å². The molecule has 1 N–H and O–H groups in total. The molecule has 1 heterocycles. The molecule has 0 saturated heterocycles. The van der Waals surface area contributed by atoms with Crippen molar-refractivity contribution < 1.29 is 4.39 Å².